The van der Waals surface area contributed by atoms with Gasteiger partial charge in [-0.2, -0.15) is 0 Å². The van der Waals surface area contributed by atoms with Crippen LogP contribution in [-0.2, 0) is 11.2 Å². The third-order valence-corrected chi connectivity index (χ3v) is 3.51. The van der Waals surface area contributed by atoms with E-state index in [1.807, 2.05) is 13.1 Å². The molecular formula is C16H25NO2. The van der Waals surface area contributed by atoms with Crippen LogP contribution in [0.15, 0.2) is 12.1 Å². The number of methoxy groups -OCH3 is 1. The summed E-state index contributed by atoms with van der Waals surface area (Å²) in [7, 11) is 3.52. The fraction of sp³-hybridized carbons (Fsp3) is 0.562. The average Bonchev–Trinajstić information content (AvgIpc) is 2.39. The van der Waals surface area contributed by atoms with Gasteiger partial charge in [-0.25, -0.2) is 0 Å². The van der Waals surface area contributed by atoms with Crippen LogP contribution in [0.5, 0.6) is 5.75 Å². The normalized spacial score (nSPS) is 10.4. The molecule has 0 fully saturated rings. The van der Waals surface area contributed by atoms with Gasteiger partial charge >= 0.3 is 0 Å². The number of hydrogen-bond donors (Lipinski definition) is 0. The number of ether oxygens (including phenoxy) is 1. The molecule has 0 aliphatic carbocycles. The number of unbranched alkanes of at least 4 members (excludes halogenated alkanes) is 1. The number of hydrogen-bond acceptors (Lipinski definition) is 2. The molecule has 0 aliphatic rings. The SMILES string of the molecule is CCCCN(C)C(=O)Cc1cc(C)c(C)cc1OC. The van der Waals surface area contributed by atoms with E-state index < -0.39 is 0 Å². The molecule has 0 saturated heterocycles. The highest BCUT2D eigenvalue weighted by atomic mass is 16.5. The molecule has 3 nitrogen and oxygen atoms in total. The molecule has 19 heavy (non-hydrogen) atoms. The van der Waals surface area contributed by atoms with Gasteiger partial charge in [0.05, 0.1) is 13.5 Å². The predicted octanol–water partition coefficient (Wildman–Crippen LogP) is 3.11. The molecule has 0 unspecified atom stereocenters. The number of carbonyl (C=O) groups excluding carboxylic acids is 1. The first kappa shape index (κ1) is 15.5. The smallest absolute Gasteiger partial charge is 0.226 e. The number of likely N-dealkylation sites (N-methyl/N-ethyl adjacent to an activating group) is 1. The van der Waals surface area contributed by atoms with Gasteiger partial charge in [-0.1, -0.05) is 19.4 Å². The van der Waals surface area contributed by atoms with Gasteiger partial charge in [-0.3, -0.25) is 4.79 Å². The number of amides is 1. The summed E-state index contributed by atoms with van der Waals surface area (Å²) in [6.45, 7) is 7.06. The Morgan fingerprint density at radius 2 is 1.89 bits per heavy atom. The second kappa shape index (κ2) is 7.17. The van der Waals surface area contributed by atoms with E-state index in [0.717, 1.165) is 30.7 Å². The molecule has 0 aliphatic heterocycles. The molecular weight excluding hydrogens is 238 g/mol. The van der Waals surface area contributed by atoms with Gasteiger partial charge in [-0.15, -0.1) is 0 Å². The van der Waals surface area contributed by atoms with Crippen LogP contribution in [-0.4, -0.2) is 31.5 Å². The Balaban J connectivity index is 2.81. The minimum absolute atomic E-state index is 0.148. The largest absolute Gasteiger partial charge is 0.496 e. The Hall–Kier alpha value is -1.51. The first-order chi connectivity index (χ1) is 8.99. The van der Waals surface area contributed by atoms with Gasteiger partial charge < -0.3 is 9.64 Å². The van der Waals surface area contributed by atoms with Crippen LogP contribution in [0.4, 0.5) is 0 Å². The van der Waals surface area contributed by atoms with Crippen molar-refractivity contribution in [2.45, 2.75) is 40.0 Å². The minimum Gasteiger partial charge on any atom is -0.496 e. The van der Waals surface area contributed by atoms with Crippen LogP contribution in [0, 0.1) is 13.8 Å². The van der Waals surface area contributed by atoms with Gasteiger partial charge in [0.25, 0.3) is 0 Å². The maximum Gasteiger partial charge on any atom is 0.226 e. The Morgan fingerprint density at radius 1 is 1.26 bits per heavy atom. The van der Waals surface area contributed by atoms with Gasteiger partial charge in [0.1, 0.15) is 5.75 Å². The van der Waals surface area contributed by atoms with E-state index >= 15 is 0 Å². The quantitative estimate of drug-likeness (QED) is 0.789. The second-order valence-electron chi connectivity index (χ2n) is 5.09. The lowest BCUT2D eigenvalue weighted by Crippen LogP contribution is -2.29. The Morgan fingerprint density at radius 3 is 2.47 bits per heavy atom. The zero-order valence-corrected chi connectivity index (χ0v) is 12.7. The van der Waals surface area contributed by atoms with Crippen molar-refractivity contribution >= 4 is 5.91 Å². The molecule has 1 aromatic carbocycles. The summed E-state index contributed by atoms with van der Waals surface area (Å²) in [5.74, 6) is 0.954. The van der Waals surface area contributed by atoms with E-state index in [9.17, 15) is 4.79 Å². The van der Waals surface area contributed by atoms with Crippen LogP contribution >= 0.6 is 0 Å². The number of aryl methyl sites for hydroxylation is 2. The number of rotatable bonds is 6. The van der Waals surface area contributed by atoms with E-state index in [1.165, 1.54) is 11.1 Å². The predicted molar refractivity (Wildman–Crippen MR) is 78.7 cm³/mol. The summed E-state index contributed by atoms with van der Waals surface area (Å²) in [6.07, 6.45) is 2.56. The highest BCUT2D eigenvalue weighted by Crippen LogP contribution is 2.23. The van der Waals surface area contributed by atoms with Crippen molar-refractivity contribution in [2.24, 2.45) is 0 Å². The topological polar surface area (TPSA) is 29.5 Å². The van der Waals surface area contributed by atoms with E-state index in [2.05, 4.69) is 26.8 Å². The fourth-order valence-electron chi connectivity index (χ4n) is 2.00. The summed E-state index contributed by atoms with van der Waals surface area (Å²) in [6, 6.07) is 4.06. The standard InChI is InChI=1S/C16H25NO2/c1-6-7-8-17(4)16(18)11-14-9-12(2)13(3)10-15(14)19-5/h9-10H,6-8,11H2,1-5H3. The highest BCUT2D eigenvalue weighted by molar-refractivity contribution is 5.79. The highest BCUT2D eigenvalue weighted by Gasteiger charge is 2.13. The minimum atomic E-state index is 0.148. The van der Waals surface area contributed by atoms with Gasteiger partial charge in [0, 0.05) is 19.2 Å². The second-order valence-corrected chi connectivity index (χ2v) is 5.09. The summed E-state index contributed by atoms with van der Waals surface area (Å²) < 4.78 is 5.37. The molecule has 3 heteroatoms. The third-order valence-electron chi connectivity index (χ3n) is 3.51. The third kappa shape index (κ3) is 4.27. The molecule has 0 spiro atoms. The van der Waals surface area contributed by atoms with Crippen molar-refractivity contribution in [3.8, 4) is 5.75 Å². The van der Waals surface area contributed by atoms with Crippen LogP contribution in [0.1, 0.15) is 36.5 Å². The summed E-state index contributed by atoms with van der Waals surface area (Å²) in [4.78, 5) is 14.0. The van der Waals surface area contributed by atoms with Gasteiger partial charge in [-0.05, 0) is 37.5 Å². The average molecular weight is 263 g/mol. The Kier molecular flexibility index (Phi) is 5.87. The molecule has 106 valence electrons. The molecule has 1 amide bonds. The molecule has 1 aromatic rings. The molecule has 1 rings (SSSR count). The lowest BCUT2D eigenvalue weighted by Gasteiger charge is -2.18. The van der Waals surface area contributed by atoms with Crippen LogP contribution in [0.3, 0.4) is 0 Å². The lowest BCUT2D eigenvalue weighted by molar-refractivity contribution is -0.129. The molecule has 0 radical (unpaired) electrons. The van der Waals surface area contributed by atoms with E-state index in [4.69, 9.17) is 4.74 Å². The fourth-order valence-corrected chi connectivity index (χ4v) is 2.00. The van der Waals surface area contributed by atoms with E-state index in [-0.39, 0.29) is 5.91 Å². The number of nitrogens with zero attached hydrogens (tertiary/aromatic N) is 1. The maximum absolute atomic E-state index is 12.2. The first-order valence-corrected chi connectivity index (χ1v) is 6.87. The first-order valence-electron chi connectivity index (χ1n) is 6.87. The van der Waals surface area contributed by atoms with E-state index in [1.54, 1.807) is 12.0 Å². The van der Waals surface area contributed by atoms with E-state index in [0.29, 0.717) is 6.42 Å². The zero-order chi connectivity index (χ0) is 14.4. The van der Waals surface area contributed by atoms with Crippen LogP contribution in [0.2, 0.25) is 0 Å². The summed E-state index contributed by atoms with van der Waals surface area (Å²) >= 11 is 0. The molecule has 0 N–H and O–H groups in total. The van der Waals surface area contributed by atoms with Crippen molar-refractivity contribution < 1.29 is 9.53 Å². The maximum atomic E-state index is 12.2. The molecule has 0 aromatic heterocycles. The lowest BCUT2D eigenvalue weighted by atomic mass is 10.0. The molecule has 0 atom stereocenters. The van der Waals surface area contributed by atoms with Gasteiger partial charge in [0.2, 0.25) is 5.91 Å². The Bertz CT molecular complexity index is 441. The summed E-state index contributed by atoms with van der Waals surface area (Å²) in [5.41, 5.74) is 3.35. The van der Waals surface area contributed by atoms with Crippen molar-refractivity contribution in [3.63, 3.8) is 0 Å². The number of benzene rings is 1. The molecule has 0 heterocycles. The van der Waals surface area contributed by atoms with Crippen molar-refractivity contribution in [1.82, 2.24) is 4.90 Å². The molecule has 0 bridgehead atoms. The van der Waals surface area contributed by atoms with Crippen molar-refractivity contribution in [1.29, 1.82) is 0 Å². The van der Waals surface area contributed by atoms with Crippen LogP contribution < -0.4 is 4.74 Å². The summed E-state index contributed by atoms with van der Waals surface area (Å²) in [5, 5.41) is 0. The van der Waals surface area contributed by atoms with Crippen molar-refractivity contribution in [2.75, 3.05) is 20.7 Å². The number of carbonyl (C=O) groups is 1. The van der Waals surface area contributed by atoms with Crippen LogP contribution in [0.25, 0.3) is 0 Å². The monoisotopic (exact) mass is 263 g/mol. The Labute approximate surface area is 116 Å². The van der Waals surface area contributed by atoms with Crippen molar-refractivity contribution in [3.05, 3.63) is 28.8 Å². The van der Waals surface area contributed by atoms with Gasteiger partial charge in [0.15, 0.2) is 0 Å². The molecule has 0 saturated carbocycles. The zero-order valence-electron chi connectivity index (χ0n) is 12.7.